The number of carbonyl (C=O) groups is 3. The first-order valence-electron chi connectivity index (χ1n) is 7.60. The van der Waals surface area contributed by atoms with E-state index >= 15 is 0 Å². The van der Waals surface area contributed by atoms with Crippen molar-refractivity contribution in [1.29, 1.82) is 0 Å². The first-order chi connectivity index (χ1) is 11.4. The molecule has 1 aliphatic rings. The minimum atomic E-state index is -0.972. The molecule has 3 N–H and O–H groups in total. The molecule has 2 rings (SSSR count). The van der Waals surface area contributed by atoms with E-state index in [4.69, 9.17) is 4.74 Å². The van der Waals surface area contributed by atoms with Gasteiger partial charge >= 0.3 is 5.97 Å². The van der Waals surface area contributed by atoms with Gasteiger partial charge in [-0.25, -0.2) is 0 Å². The molecule has 0 saturated heterocycles. The van der Waals surface area contributed by atoms with E-state index < -0.39 is 29.6 Å². The molecule has 0 aromatic heterocycles. The topological polar surface area (TPSA) is 105 Å². The van der Waals surface area contributed by atoms with Crippen molar-refractivity contribution in [2.45, 2.75) is 25.7 Å². The van der Waals surface area contributed by atoms with Crippen LogP contribution in [0.1, 0.15) is 36.0 Å². The number of ether oxygens (including phenoxy) is 1. The van der Waals surface area contributed by atoms with E-state index in [1.165, 1.54) is 7.11 Å². The molecule has 1 aliphatic carbocycles. The van der Waals surface area contributed by atoms with E-state index in [1.807, 2.05) is 0 Å². The molecule has 2 amide bonds. The van der Waals surface area contributed by atoms with Crippen LogP contribution < -0.4 is 15.6 Å². The summed E-state index contributed by atoms with van der Waals surface area (Å²) in [5.41, 5.74) is 5.00. The molecular formula is C16H19BrN2O5. The minimum Gasteiger partial charge on any atom is -0.496 e. The van der Waals surface area contributed by atoms with Gasteiger partial charge in [0.05, 0.1) is 23.4 Å². The smallest absolute Gasteiger partial charge is 0.307 e. The number of hydrogen-bond acceptors (Lipinski definition) is 4. The van der Waals surface area contributed by atoms with Crippen molar-refractivity contribution in [1.82, 2.24) is 10.9 Å². The van der Waals surface area contributed by atoms with Crippen LogP contribution in [0.2, 0.25) is 0 Å². The molecule has 0 bridgehead atoms. The van der Waals surface area contributed by atoms with Crippen LogP contribution in [-0.4, -0.2) is 30.0 Å². The Labute approximate surface area is 147 Å². The SMILES string of the molecule is COc1ccc(C(=O)NNC(=O)C2CCCCC2C(=O)O)cc1Br. The molecule has 1 fully saturated rings. The lowest BCUT2D eigenvalue weighted by atomic mass is 9.79. The number of carboxylic acid groups (broad SMARTS) is 1. The fourth-order valence-corrected chi connectivity index (χ4v) is 3.37. The molecule has 1 aromatic rings. The van der Waals surface area contributed by atoms with E-state index in [-0.39, 0.29) is 0 Å². The van der Waals surface area contributed by atoms with E-state index in [1.54, 1.807) is 18.2 Å². The van der Waals surface area contributed by atoms with Crippen LogP contribution in [0.4, 0.5) is 0 Å². The molecule has 0 radical (unpaired) electrons. The van der Waals surface area contributed by atoms with E-state index in [2.05, 4.69) is 26.8 Å². The van der Waals surface area contributed by atoms with Gasteiger partial charge in [-0.1, -0.05) is 12.8 Å². The highest BCUT2D eigenvalue weighted by Crippen LogP contribution is 2.30. The maximum atomic E-state index is 12.2. The number of methoxy groups -OCH3 is 1. The summed E-state index contributed by atoms with van der Waals surface area (Å²) in [6, 6.07) is 4.76. The van der Waals surface area contributed by atoms with Crippen molar-refractivity contribution < 1.29 is 24.2 Å². The van der Waals surface area contributed by atoms with Gasteiger partial charge in [-0.15, -0.1) is 0 Å². The molecule has 0 spiro atoms. The predicted octanol–water partition coefficient (Wildman–Crippen LogP) is 2.11. The van der Waals surface area contributed by atoms with Crippen LogP contribution in [0.3, 0.4) is 0 Å². The van der Waals surface area contributed by atoms with Crippen molar-refractivity contribution >= 4 is 33.7 Å². The van der Waals surface area contributed by atoms with Gasteiger partial charge in [-0.05, 0) is 47.0 Å². The zero-order valence-electron chi connectivity index (χ0n) is 13.2. The lowest BCUT2D eigenvalue weighted by Gasteiger charge is -2.27. The normalized spacial score (nSPS) is 20.1. The third-order valence-corrected chi connectivity index (χ3v) is 4.75. The quantitative estimate of drug-likeness (QED) is 0.673. The summed E-state index contributed by atoms with van der Waals surface area (Å²) in [5, 5.41) is 9.21. The fraction of sp³-hybridized carbons (Fsp3) is 0.438. The number of benzene rings is 1. The van der Waals surface area contributed by atoms with Crippen LogP contribution in [0.15, 0.2) is 22.7 Å². The second-order valence-corrected chi connectivity index (χ2v) is 6.48. The lowest BCUT2D eigenvalue weighted by Crippen LogP contribution is -2.47. The Bertz CT molecular complexity index is 649. The maximum absolute atomic E-state index is 12.2. The molecule has 130 valence electrons. The summed E-state index contributed by atoms with van der Waals surface area (Å²) in [5.74, 6) is -2.68. The van der Waals surface area contributed by atoms with Gasteiger partial charge in [0, 0.05) is 5.56 Å². The molecule has 24 heavy (non-hydrogen) atoms. The lowest BCUT2D eigenvalue weighted by molar-refractivity contribution is -0.149. The highest BCUT2D eigenvalue weighted by Gasteiger charge is 2.35. The van der Waals surface area contributed by atoms with Gasteiger partial charge in [-0.2, -0.15) is 0 Å². The van der Waals surface area contributed by atoms with E-state index in [0.717, 1.165) is 12.8 Å². The van der Waals surface area contributed by atoms with Gasteiger partial charge in [-0.3, -0.25) is 25.2 Å². The molecule has 2 unspecified atom stereocenters. The monoisotopic (exact) mass is 398 g/mol. The van der Waals surface area contributed by atoms with Gasteiger partial charge in [0.15, 0.2) is 0 Å². The molecule has 1 aromatic carbocycles. The third kappa shape index (κ3) is 4.25. The fourth-order valence-electron chi connectivity index (χ4n) is 2.83. The molecular weight excluding hydrogens is 380 g/mol. The summed E-state index contributed by atoms with van der Waals surface area (Å²) in [7, 11) is 1.52. The molecule has 8 heteroatoms. The highest BCUT2D eigenvalue weighted by atomic mass is 79.9. The van der Waals surface area contributed by atoms with Crippen molar-refractivity contribution in [3.8, 4) is 5.75 Å². The first-order valence-corrected chi connectivity index (χ1v) is 8.40. The summed E-state index contributed by atoms with van der Waals surface area (Å²) < 4.78 is 5.70. The van der Waals surface area contributed by atoms with Gasteiger partial charge in [0.25, 0.3) is 5.91 Å². The zero-order valence-corrected chi connectivity index (χ0v) is 14.8. The first kappa shape index (κ1) is 18.3. The summed E-state index contributed by atoms with van der Waals surface area (Å²) >= 11 is 3.28. The minimum absolute atomic E-state index is 0.335. The van der Waals surface area contributed by atoms with Crippen LogP contribution >= 0.6 is 15.9 Å². The van der Waals surface area contributed by atoms with Crippen molar-refractivity contribution in [3.05, 3.63) is 28.2 Å². The number of carbonyl (C=O) groups excluding carboxylic acids is 2. The zero-order chi connectivity index (χ0) is 17.7. The van der Waals surface area contributed by atoms with Gasteiger partial charge in [0.2, 0.25) is 5.91 Å². The Morgan fingerprint density at radius 1 is 1.17 bits per heavy atom. The summed E-state index contributed by atoms with van der Waals surface area (Å²) in [6.07, 6.45) is 2.59. The molecule has 7 nitrogen and oxygen atoms in total. The number of hydrogen-bond donors (Lipinski definition) is 3. The van der Waals surface area contributed by atoms with E-state index in [0.29, 0.717) is 28.6 Å². The number of amides is 2. The number of carboxylic acids is 1. The van der Waals surface area contributed by atoms with Crippen LogP contribution in [0.5, 0.6) is 5.75 Å². The van der Waals surface area contributed by atoms with Crippen molar-refractivity contribution in [2.75, 3.05) is 7.11 Å². The van der Waals surface area contributed by atoms with Crippen molar-refractivity contribution in [3.63, 3.8) is 0 Å². The molecule has 1 saturated carbocycles. The highest BCUT2D eigenvalue weighted by molar-refractivity contribution is 9.10. The Morgan fingerprint density at radius 2 is 1.83 bits per heavy atom. The Hall–Kier alpha value is -2.09. The average molecular weight is 399 g/mol. The standard InChI is InChI=1S/C16H19BrN2O5/c1-24-13-7-6-9(8-12(13)17)14(20)18-19-15(21)10-4-2-3-5-11(10)16(22)23/h6-8,10-11H,2-5H2,1H3,(H,18,20)(H,19,21)(H,22,23). The average Bonchev–Trinajstić information content (AvgIpc) is 2.59. The van der Waals surface area contributed by atoms with Crippen LogP contribution in [0.25, 0.3) is 0 Å². The van der Waals surface area contributed by atoms with Gasteiger partial charge in [0.1, 0.15) is 5.75 Å². The second-order valence-electron chi connectivity index (χ2n) is 5.63. The Kier molecular flexibility index (Phi) is 6.19. The second kappa shape index (κ2) is 8.14. The predicted molar refractivity (Wildman–Crippen MR) is 89.4 cm³/mol. The third-order valence-electron chi connectivity index (χ3n) is 4.13. The molecule has 2 atom stereocenters. The Morgan fingerprint density at radius 3 is 2.42 bits per heavy atom. The van der Waals surface area contributed by atoms with Gasteiger partial charge < -0.3 is 9.84 Å². The summed E-state index contributed by atoms with van der Waals surface area (Å²) in [4.78, 5) is 35.5. The number of aliphatic carboxylic acids is 1. The van der Waals surface area contributed by atoms with E-state index in [9.17, 15) is 19.5 Å². The number of halogens is 1. The summed E-state index contributed by atoms with van der Waals surface area (Å²) in [6.45, 7) is 0. The molecule has 0 aliphatic heterocycles. The maximum Gasteiger partial charge on any atom is 0.307 e. The number of hydrazine groups is 1. The number of nitrogens with one attached hydrogen (secondary N) is 2. The van der Waals surface area contributed by atoms with Crippen LogP contribution in [0, 0.1) is 11.8 Å². The largest absolute Gasteiger partial charge is 0.496 e. The Balaban J connectivity index is 1.96. The number of rotatable bonds is 4. The van der Waals surface area contributed by atoms with Crippen molar-refractivity contribution in [2.24, 2.45) is 11.8 Å². The molecule has 0 heterocycles. The van der Waals surface area contributed by atoms with Crippen LogP contribution in [-0.2, 0) is 9.59 Å².